The van der Waals surface area contributed by atoms with Gasteiger partial charge in [-0.25, -0.2) is 9.59 Å². The second-order valence-electron chi connectivity index (χ2n) is 9.01. The summed E-state index contributed by atoms with van der Waals surface area (Å²) in [5.41, 5.74) is 7.96. The maximum absolute atomic E-state index is 13.2. The van der Waals surface area contributed by atoms with Crippen molar-refractivity contribution in [2.45, 2.75) is 45.3 Å². The van der Waals surface area contributed by atoms with E-state index in [1.165, 1.54) is 16.3 Å². The van der Waals surface area contributed by atoms with Crippen LogP contribution in [0.3, 0.4) is 0 Å². The summed E-state index contributed by atoms with van der Waals surface area (Å²) in [7, 11) is 5.61. The molecular weight excluding hydrogens is 442 g/mol. The third-order valence-corrected chi connectivity index (χ3v) is 6.93. The molecule has 2 atom stereocenters. The second-order valence-corrected chi connectivity index (χ2v) is 10.1. The second kappa shape index (κ2) is 11.3. The zero-order chi connectivity index (χ0) is 24.9. The van der Waals surface area contributed by atoms with E-state index in [1.807, 2.05) is 53.9 Å². The zero-order valence-electron chi connectivity index (χ0n) is 20.9. The lowest BCUT2D eigenvalue weighted by Gasteiger charge is -2.31. The number of likely N-dealkylation sites (N-methyl/N-ethyl adjacent to an activating group) is 1. The number of benzene rings is 1. The van der Waals surface area contributed by atoms with Crippen molar-refractivity contribution in [2.24, 2.45) is 17.6 Å². The highest BCUT2D eigenvalue weighted by molar-refractivity contribution is 8.00. The minimum Gasteiger partial charge on any atom is -0.497 e. The minimum atomic E-state index is -1.23. The van der Waals surface area contributed by atoms with Gasteiger partial charge in [0.25, 0.3) is 6.29 Å². The average molecular weight is 480 g/mol. The SMILES string of the molecule is COc1ccc2c(c1)c(CCN(C)C)cn2C(=O)OC(OC(=O)C(N)(SC)C(C)C)C(C)C. The summed E-state index contributed by atoms with van der Waals surface area (Å²) in [6.07, 6.45) is 2.59. The number of methoxy groups -OCH3 is 1. The number of ether oxygens (including phenoxy) is 3. The number of nitrogens with two attached hydrogens (primary N) is 1. The van der Waals surface area contributed by atoms with E-state index in [2.05, 4.69) is 4.90 Å². The minimum absolute atomic E-state index is 0.161. The third-order valence-electron chi connectivity index (χ3n) is 5.62. The van der Waals surface area contributed by atoms with Crippen LogP contribution in [0.25, 0.3) is 10.9 Å². The topological polar surface area (TPSA) is 96.0 Å². The number of esters is 1. The van der Waals surface area contributed by atoms with Crippen LogP contribution in [0.2, 0.25) is 0 Å². The Labute approximate surface area is 200 Å². The molecule has 2 unspecified atom stereocenters. The standard InChI is InChI=1S/C24H37N3O5S/c1-15(2)21(31-22(28)24(25,33-8)16(3)4)32-23(29)27-14-17(11-12-26(5)6)19-13-18(30-7)9-10-20(19)27/h9-10,13-16,21H,11-12,25H2,1-8H3. The van der Waals surface area contributed by atoms with Crippen molar-refractivity contribution >= 4 is 34.7 Å². The van der Waals surface area contributed by atoms with Crippen LogP contribution in [-0.2, 0) is 20.7 Å². The third kappa shape index (κ3) is 6.22. The molecule has 0 saturated carbocycles. The van der Waals surface area contributed by atoms with Crippen molar-refractivity contribution in [1.29, 1.82) is 0 Å². The van der Waals surface area contributed by atoms with Gasteiger partial charge in [0, 0.05) is 24.0 Å². The lowest BCUT2D eigenvalue weighted by atomic mass is 10.0. The Hall–Kier alpha value is -2.23. The molecule has 0 amide bonds. The monoisotopic (exact) mass is 479 g/mol. The molecule has 1 aromatic carbocycles. The van der Waals surface area contributed by atoms with Gasteiger partial charge in [0.1, 0.15) is 5.75 Å². The van der Waals surface area contributed by atoms with E-state index in [4.69, 9.17) is 19.9 Å². The van der Waals surface area contributed by atoms with Crippen molar-refractivity contribution < 1.29 is 23.8 Å². The van der Waals surface area contributed by atoms with Crippen LogP contribution in [0.5, 0.6) is 5.75 Å². The largest absolute Gasteiger partial charge is 0.497 e. The normalized spacial score (nSPS) is 14.5. The Kier molecular flexibility index (Phi) is 9.22. The van der Waals surface area contributed by atoms with Gasteiger partial charge in [-0.3, -0.25) is 4.57 Å². The van der Waals surface area contributed by atoms with Crippen molar-refractivity contribution in [2.75, 3.05) is 34.0 Å². The van der Waals surface area contributed by atoms with Gasteiger partial charge in [-0.2, -0.15) is 0 Å². The van der Waals surface area contributed by atoms with Gasteiger partial charge in [0.15, 0.2) is 4.87 Å². The van der Waals surface area contributed by atoms with Crippen molar-refractivity contribution in [3.63, 3.8) is 0 Å². The lowest BCUT2D eigenvalue weighted by Crippen LogP contribution is -2.52. The molecule has 1 heterocycles. The van der Waals surface area contributed by atoms with Crippen LogP contribution in [-0.4, -0.2) is 66.7 Å². The van der Waals surface area contributed by atoms with Gasteiger partial charge in [-0.1, -0.05) is 27.7 Å². The molecule has 0 spiro atoms. The molecule has 8 nitrogen and oxygen atoms in total. The molecule has 33 heavy (non-hydrogen) atoms. The van der Waals surface area contributed by atoms with E-state index in [-0.39, 0.29) is 11.8 Å². The number of carbonyl (C=O) groups is 2. The quantitative estimate of drug-likeness (QED) is 0.404. The molecule has 184 valence electrons. The average Bonchev–Trinajstić information content (AvgIpc) is 3.13. The molecule has 2 aromatic rings. The number of thioether (sulfide) groups is 1. The van der Waals surface area contributed by atoms with Crippen LogP contribution in [0.1, 0.15) is 33.3 Å². The van der Waals surface area contributed by atoms with Crippen molar-refractivity contribution in [3.8, 4) is 5.75 Å². The summed E-state index contributed by atoms with van der Waals surface area (Å²) in [5, 5.41) is 0.911. The number of carbonyl (C=O) groups excluding carboxylic acids is 2. The van der Waals surface area contributed by atoms with Crippen molar-refractivity contribution in [3.05, 3.63) is 30.0 Å². The first-order valence-corrected chi connectivity index (χ1v) is 12.3. The van der Waals surface area contributed by atoms with Crippen LogP contribution in [0.15, 0.2) is 24.4 Å². The summed E-state index contributed by atoms with van der Waals surface area (Å²) in [4.78, 5) is 26.9. The Morgan fingerprint density at radius 3 is 2.36 bits per heavy atom. The first kappa shape index (κ1) is 27.0. The van der Waals surface area contributed by atoms with E-state index in [9.17, 15) is 9.59 Å². The summed E-state index contributed by atoms with van der Waals surface area (Å²) in [5.74, 6) is -0.318. The van der Waals surface area contributed by atoms with Gasteiger partial charge in [0.05, 0.1) is 12.6 Å². The summed E-state index contributed by atoms with van der Waals surface area (Å²) >= 11 is 1.22. The molecular formula is C24H37N3O5S. The highest BCUT2D eigenvalue weighted by Gasteiger charge is 2.41. The summed E-state index contributed by atoms with van der Waals surface area (Å²) in [6, 6.07) is 5.53. The first-order chi connectivity index (χ1) is 15.4. The fourth-order valence-electron chi connectivity index (χ4n) is 3.30. The smallest absolute Gasteiger partial charge is 0.421 e. The van der Waals surface area contributed by atoms with Crippen LogP contribution in [0, 0.1) is 11.8 Å². The summed E-state index contributed by atoms with van der Waals surface area (Å²) < 4.78 is 18.1. The molecule has 0 aliphatic rings. The number of hydrogen-bond acceptors (Lipinski definition) is 8. The zero-order valence-corrected chi connectivity index (χ0v) is 21.7. The number of hydrogen-bond donors (Lipinski definition) is 1. The Morgan fingerprint density at radius 2 is 1.85 bits per heavy atom. The highest BCUT2D eigenvalue weighted by Crippen LogP contribution is 2.30. The van der Waals surface area contributed by atoms with E-state index in [0.717, 1.165) is 23.9 Å². The Bertz CT molecular complexity index is 972. The fourth-order valence-corrected chi connectivity index (χ4v) is 3.99. The van der Waals surface area contributed by atoms with E-state index < -0.39 is 23.2 Å². The lowest BCUT2D eigenvalue weighted by molar-refractivity contribution is -0.178. The van der Waals surface area contributed by atoms with Gasteiger partial charge < -0.3 is 24.8 Å². The maximum atomic E-state index is 13.2. The van der Waals surface area contributed by atoms with Crippen LogP contribution >= 0.6 is 11.8 Å². The summed E-state index contributed by atoms with van der Waals surface area (Å²) in [6.45, 7) is 8.16. The number of fused-ring (bicyclic) bond motifs is 1. The predicted octanol–water partition coefficient (Wildman–Crippen LogP) is 3.94. The van der Waals surface area contributed by atoms with E-state index in [1.54, 1.807) is 25.6 Å². The van der Waals surface area contributed by atoms with E-state index >= 15 is 0 Å². The first-order valence-electron chi connectivity index (χ1n) is 11.0. The van der Waals surface area contributed by atoms with Gasteiger partial charge in [-0.05, 0) is 56.5 Å². The molecule has 2 rings (SSSR count). The molecule has 0 fully saturated rings. The highest BCUT2D eigenvalue weighted by atomic mass is 32.2. The Morgan fingerprint density at radius 1 is 1.18 bits per heavy atom. The molecule has 0 aliphatic carbocycles. The van der Waals surface area contributed by atoms with E-state index in [0.29, 0.717) is 11.3 Å². The van der Waals surface area contributed by atoms with Crippen LogP contribution in [0.4, 0.5) is 4.79 Å². The molecule has 1 aromatic heterocycles. The van der Waals surface area contributed by atoms with Gasteiger partial charge >= 0.3 is 12.1 Å². The van der Waals surface area contributed by atoms with Gasteiger partial charge in [0.2, 0.25) is 0 Å². The fraction of sp³-hybridized carbons (Fsp3) is 0.583. The molecule has 0 saturated heterocycles. The number of aromatic nitrogens is 1. The Balaban J connectivity index is 2.34. The molecule has 0 bridgehead atoms. The molecule has 2 N–H and O–H groups in total. The number of rotatable bonds is 10. The molecule has 9 heteroatoms. The van der Waals surface area contributed by atoms with Crippen LogP contribution < -0.4 is 10.5 Å². The maximum Gasteiger partial charge on any atom is 0.421 e. The molecule has 0 radical (unpaired) electrons. The van der Waals surface area contributed by atoms with Gasteiger partial charge in [-0.15, -0.1) is 11.8 Å². The molecule has 0 aliphatic heterocycles. The number of nitrogens with zero attached hydrogens (tertiary/aromatic N) is 2. The van der Waals surface area contributed by atoms with Crippen molar-refractivity contribution in [1.82, 2.24) is 9.47 Å². The predicted molar refractivity (Wildman–Crippen MR) is 133 cm³/mol.